The predicted molar refractivity (Wildman–Crippen MR) is 127 cm³/mol. The lowest BCUT2D eigenvalue weighted by molar-refractivity contribution is -0.137. The molecule has 6 nitrogen and oxygen atoms in total. The number of carboxylic acid groups (broad SMARTS) is 1. The van der Waals surface area contributed by atoms with Gasteiger partial charge in [0.1, 0.15) is 11.1 Å². The first-order chi connectivity index (χ1) is 16.2. The standard InChI is InChI=1S/C26H32FNO5S/c1-19-7-10-24(20-5-3-2-4-6-20)34(31,32)28(19)18-21-8-9-22(17-23(21)27)26(12-11-25(29)30)13-15-33-16-14-26/h2-6,8-9,17,19,24H,7,10-16,18H2,1H3,(H,29,30). The Morgan fingerprint density at radius 3 is 2.50 bits per heavy atom. The maximum Gasteiger partial charge on any atom is 0.303 e. The highest BCUT2D eigenvalue weighted by atomic mass is 32.2. The van der Waals surface area contributed by atoms with Crippen LogP contribution in [0.5, 0.6) is 0 Å². The minimum atomic E-state index is -3.66. The summed E-state index contributed by atoms with van der Waals surface area (Å²) in [5.41, 5.74) is 1.40. The molecule has 8 heteroatoms. The van der Waals surface area contributed by atoms with Crippen molar-refractivity contribution in [1.29, 1.82) is 0 Å². The van der Waals surface area contributed by atoms with Gasteiger partial charge in [-0.3, -0.25) is 4.79 Å². The fourth-order valence-corrected chi connectivity index (χ4v) is 7.50. The van der Waals surface area contributed by atoms with E-state index >= 15 is 4.39 Å². The van der Waals surface area contributed by atoms with Crippen LogP contribution < -0.4 is 0 Å². The van der Waals surface area contributed by atoms with Crippen LogP contribution in [0, 0.1) is 5.82 Å². The number of carbonyl (C=O) groups is 1. The third-order valence-corrected chi connectivity index (χ3v) is 9.82. The van der Waals surface area contributed by atoms with Crippen LogP contribution in [0.3, 0.4) is 0 Å². The molecule has 184 valence electrons. The van der Waals surface area contributed by atoms with Crippen LogP contribution in [0.25, 0.3) is 0 Å². The topological polar surface area (TPSA) is 83.9 Å². The lowest BCUT2D eigenvalue weighted by atomic mass is 9.71. The van der Waals surface area contributed by atoms with Crippen LogP contribution >= 0.6 is 0 Å². The number of halogens is 1. The second-order valence-electron chi connectivity index (χ2n) is 9.51. The molecule has 2 aliphatic rings. The first-order valence-corrected chi connectivity index (χ1v) is 13.4. The molecule has 2 aromatic carbocycles. The number of hydrogen-bond acceptors (Lipinski definition) is 4. The zero-order valence-electron chi connectivity index (χ0n) is 19.5. The molecule has 2 atom stereocenters. The normalized spacial score (nSPS) is 24.5. The molecule has 0 saturated carbocycles. The summed E-state index contributed by atoms with van der Waals surface area (Å²) in [6.45, 7) is 2.86. The molecule has 0 bridgehead atoms. The molecule has 4 rings (SSSR count). The van der Waals surface area contributed by atoms with Crippen molar-refractivity contribution in [3.05, 3.63) is 71.0 Å². The average Bonchev–Trinajstić information content (AvgIpc) is 2.82. The van der Waals surface area contributed by atoms with Crippen LogP contribution in [-0.2, 0) is 31.5 Å². The zero-order chi connectivity index (χ0) is 24.3. The zero-order valence-corrected chi connectivity index (χ0v) is 20.3. The van der Waals surface area contributed by atoms with Crippen molar-refractivity contribution >= 4 is 16.0 Å². The lowest BCUT2D eigenvalue weighted by Crippen LogP contribution is -2.44. The second kappa shape index (κ2) is 10.1. The highest BCUT2D eigenvalue weighted by molar-refractivity contribution is 7.89. The summed E-state index contributed by atoms with van der Waals surface area (Å²) in [5.74, 6) is -1.33. The third kappa shape index (κ3) is 5.04. The molecular formula is C26H32FNO5S. The van der Waals surface area contributed by atoms with E-state index in [9.17, 15) is 18.3 Å². The quantitative estimate of drug-likeness (QED) is 0.604. The van der Waals surface area contributed by atoms with E-state index in [1.807, 2.05) is 43.3 Å². The molecule has 1 N–H and O–H groups in total. The highest BCUT2D eigenvalue weighted by Crippen LogP contribution is 2.41. The van der Waals surface area contributed by atoms with Crippen LogP contribution in [-0.4, -0.2) is 43.1 Å². The fraction of sp³-hybridized carbons (Fsp3) is 0.500. The van der Waals surface area contributed by atoms with E-state index in [-0.39, 0.29) is 19.0 Å². The SMILES string of the molecule is CC1CCC(c2ccccc2)S(=O)(=O)N1Cc1ccc(C2(CCC(=O)O)CCOCC2)cc1F. The van der Waals surface area contributed by atoms with Gasteiger partial charge in [0.15, 0.2) is 0 Å². The van der Waals surface area contributed by atoms with Gasteiger partial charge < -0.3 is 9.84 Å². The smallest absolute Gasteiger partial charge is 0.303 e. The van der Waals surface area contributed by atoms with Gasteiger partial charge in [0, 0.05) is 43.2 Å². The summed E-state index contributed by atoms with van der Waals surface area (Å²) in [4.78, 5) is 11.2. The van der Waals surface area contributed by atoms with E-state index in [4.69, 9.17) is 4.74 Å². The van der Waals surface area contributed by atoms with Crippen LogP contribution in [0.4, 0.5) is 4.39 Å². The van der Waals surface area contributed by atoms with Gasteiger partial charge in [-0.2, -0.15) is 4.31 Å². The molecular weight excluding hydrogens is 457 g/mol. The van der Waals surface area contributed by atoms with E-state index in [1.54, 1.807) is 6.07 Å². The first kappa shape index (κ1) is 24.8. The Kier molecular flexibility index (Phi) is 7.40. The van der Waals surface area contributed by atoms with Gasteiger partial charge in [-0.25, -0.2) is 12.8 Å². The molecule has 0 spiro atoms. The Balaban J connectivity index is 1.59. The lowest BCUT2D eigenvalue weighted by Gasteiger charge is -2.39. The van der Waals surface area contributed by atoms with Crippen molar-refractivity contribution in [3.63, 3.8) is 0 Å². The Labute approximate surface area is 200 Å². The van der Waals surface area contributed by atoms with E-state index in [0.29, 0.717) is 50.9 Å². The van der Waals surface area contributed by atoms with Gasteiger partial charge in [-0.1, -0.05) is 42.5 Å². The van der Waals surface area contributed by atoms with Gasteiger partial charge in [-0.05, 0) is 56.2 Å². The Hall–Kier alpha value is -2.29. The maximum absolute atomic E-state index is 15.4. The molecule has 34 heavy (non-hydrogen) atoms. The average molecular weight is 490 g/mol. The summed E-state index contributed by atoms with van der Waals surface area (Å²) < 4.78 is 49.2. The molecule has 2 heterocycles. The highest BCUT2D eigenvalue weighted by Gasteiger charge is 2.41. The molecule has 2 fully saturated rings. The maximum atomic E-state index is 15.4. The summed E-state index contributed by atoms with van der Waals surface area (Å²) in [6, 6.07) is 13.9. The minimum absolute atomic E-state index is 0.00772. The first-order valence-electron chi connectivity index (χ1n) is 11.9. The number of benzene rings is 2. The summed E-state index contributed by atoms with van der Waals surface area (Å²) in [6.07, 6.45) is 2.94. The molecule has 2 saturated heterocycles. The fourth-order valence-electron chi connectivity index (χ4n) is 5.32. The third-order valence-electron chi connectivity index (χ3n) is 7.45. The summed E-state index contributed by atoms with van der Waals surface area (Å²) in [7, 11) is -3.66. The summed E-state index contributed by atoms with van der Waals surface area (Å²) >= 11 is 0. The van der Waals surface area contributed by atoms with Gasteiger partial charge >= 0.3 is 5.97 Å². The molecule has 0 amide bonds. The number of ether oxygens (including phenoxy) is 1. The number of aliphatic carboxylic acids is 1. The Morgan fingerprint density at radius 1 is 1.15 bits per heavy atom. The Morgan fingerprint density at radius 2 is 1.85 bits per heavy atom. The number of nitrogens with zero attached hydrogens (tertiary/aromatic N) is 1. The molecule has 2 aromatic rings. The monoisotopic (exact) mass is 489 g/mol. The summed E-state index contributed by atoms with van der Waals surface area (Å²) in [5, 5.41) is 8.57. The van der Waals surface area contributed by atoms with E-state index in [0.717, 1.165) is 11.1 Å². The molecule has 0 aliphatic carbocycles. The van der Waals surface area contributed by atoms with Gasteiger partial charge in [0.2, 0.25) is 10.0 Å². The van der Waals surface area contributed by atoms with Gasteiger partial charge in [0.25, 0.3) is 0 Å². The van der Waals surface area contributed by atoms with Crippen molar-refractivity contribution in [2.75, 3.05) is 13.2 Å². The van der Waals surface area contributed by atoms with E-state index in [2.05, 4.69) is 0 Å². The molecule has 2 aliphatic heterocycles. The Bertz CT molecular complexity index is 1120. The van der Waals surface area contributed by atoms with Crippen molar-refractivity contribution in [2.45, 2.75) is 68.7 Å². The van der Waals surface area contributed by atoms with Crippen LogP contribution in [0.1, 0.15) is 67.4 Å². The molecule has 0 radical (unpaired) electrons. The molecule has 2 unspecified atom stereocenters. The minimum Gasteiger partial charge on any atom is -0.481 e. The van der Waals surface area contributed by atoms with Gasteiger partial charge in [0.05, 0.1) is 0 Å². The van der Waals surface area contributed by atoms with E-state index < -0.39 is 32.5 Å². The van der Waals surface area contributed by atoms with Crippen molar-refractivity contribution in [3.8, 4) is 0 Å². The van der Waals surface area contributed by atoms with Crippen molar-refractivity contribution in [2.24, 2.45) is 0 Å². The number of carboxylic acids is 1. The molecule has 0 aromatic heterocycles. The van der Waals surface area contributed by atoms with Crippen LogP contribution in [0.15, 0.2) is 48.5 Å². The predicted octanol–water partition coefficient (Wildman–Crippen LogP) is 4.79. The van der Waals surface area contributed by atoms with Crippen molar-refractivity contribution < 1.29 is 27.4 Å². The second-order valence-corrected chi connectivity index (χ2v) is 11.6. The number of hydrogen-bond donors (Lipinski definition) is 1. The van der Waals surface area contributed by atoms with Crippen molar-refractivity contribution in [1.82, 2.24) is 4.31 Å². The van der Waals surface area contributed by atoms with Crippen LogP contribution in [0.2, 0.25) is 0 Å². The van der Waals surface area contributed by atoms with E-state index in [1.165, 1.54) is 10.4 Å². The van der Waals surface area contributed by atoms with Gasteiger partial charge in [-0.15, -0.1) is 0 Å². The number of rotatable bonds is 7. The largest absolute Gasteiger partial charge is 0.481 e. The number of sulfonamides is 1.